The van der Waals surface area contributed by atoms with Gasteiger partial charge >= 0.3 is 0 Å². The SMILES string of the molecule is NS(=O)(=O)c1ccc(N2C(=O)[C@@H]3[C@H](C2=O)[C@@H]2C=C[C@@H]3C2)cc1. The molecule has 0 radical (unpaired) electrons. The molecular weight excluding hydrogens is 304 g/mol. The number of nitrogens with two attached hydrogens (primary N) is 1. The van der Waals surface area contributed by atoms with E-state index in [4.69, 9.17) is 5.14 Å². The number of hydrogen-bond acceptors (Lipinski definition) is 4. The normalized spacial score (nSPS) is 32.9. The van der Waals surface area contributed by atoms with Crippen LogP contribution >= 0.6 is 0 Å². The Kier molecular flexibility index (Phi) is 2.65. The summed E-state index contributed by atoms with van der Waals surface area (Å²) >= 11 is 0. The van der Waals surface area contributed by atoms with Crippen LogP contribution in [0.1, 0.15) is 6.42 Å². The van der Waals surface area contributed by atoms with Crippen molar-refractivity contribution in [3.05, 3.63) is 36.4 Å². The van der Waals surface area contributed by atoms with E-state index in [-0.39, 0.29) is 40.4 Å². The van der Waals surface area contributed by atoms with Gasteiger partial charge in [-0.2, -0.15) is 0 Å². The van der Waals surface area contributed by atoms with Gasteiger partial charge in [0, 0.05) is 0 Å². The van der Waals surface area contributed by atoms with E-state index in [1.54, 1.807) is 0 Å². The fourth-order valence-electron chi connectivity index (χ4n) is 3.94. The van der Waals surface area contributed by atoms with Crippen LogP contribution < -0.4 is 10.0 Å². The van der Waals surface area contributed by atoms with Crippen molar-refractivity contribution in [2.45, 2.75) is 11.3 Å². The summed E-state index contributed by atoms with van der Waals surface area (Å²) in [6, 6.07) is 5.52. The Morgan fingerprint density at radius 2 is 1.45 bits per heavy atom. The minimum Gasteiger partial charge on any atom is -0.274 e. The van der Waals surface area contributed by atoms with Gasteiger partial charge in [-0.3, -0.25) is 14.5 Å². The van der Waals surface area contributed by atoms with Crippen molar-refractivity contribution in [2.75, 3.05) is 4.90 Å². The maximum absolute atomic E-state index is 12.6. The van der Waals surface area contributed by atoms with Gasteiger partial charge in [0.2, 0.25) is 21.8 Å². The predicted molar refractivity (Wildman–Crippen MR) is 78.0 cm³/mol. The molecule has 0 spiro atoms. The number of benzene rings is 1. The van der Waals surface area contributed by atoms with E-state index in [2.05, 4.69) is 0 Å². The van der Waals surface area contributed by atoms with Gasteiger partial charge in [0.15, 0.2) is 0 Å². The van der Waals surface area contributed by atoms with Crippen LogP contribution in [-0.4, -0.2) is 20.2 Å². The second-order valence-electron chi connectivity index (χ2n) is 6.05. The molecule has 4 rings (SSSR count). The highest BCUT2D eigenvalue weighted by atomic mass is 32.2. The minimum atomic E-state index is -3.79. The Morgan fingerprint density at radius 1 is 0.955 bits per heavy atom. The van der Waals surface area contributed by atoms with E-state index < -0.39 is 10.0 Å². The number of carbonyl (C=O) groups excluding carboxylic acids is 2. The summed E-state index contributed by atoms with van der Waals surface area (Å²) in [6.45, 7) is 0. The molecule has 1 aliphatic heterocycles. The Bertz CT molecular complexity index is 782. The first-order valence-electron chi connectivity index (χ1n) is 7.07. The number of amides is 2. The molecule has 1 aromatic rings. The van der Waals surface area contributed by atoms with Crippen LogP contribution in [0.3, 0.4) is 0 Å². The molecule has 2 bridgehead atoms. The average molecular weight is 318 g/mol. The number of sulfonamides is 1. The average Bonchev–Trinajstić information content (AvgIpc) is 3.12. The highest BCUT2D eigenvalue weighted by Gasteiger charge is 2.59. The molecule has 22 heavy (non-hydrogen) atoms. The van der Waals surface area contributed by atoms with E-state index in [1.165, 1.54) is 29.2 Å². The number of imide groups is 1. The van der Waals surface area contributed by atoms with E-state index in [0.717, 1.165) is 6.42 Å². The Balaban J connectivity index is 1.70. The molecule has 1 heterocycles. The summed E-state index contributed by atoms with van der Waals surface area (Å²) in [7, 11) is -3.79. The molecule has 1 saturated heterocycles. The molecule has 2 amide bonds. The van der Waals surface area contributed by atoms with Crippen LogP contribution in [0.25, 0.3) is 0 Å². The molecule has 6 nitrogen and oxygen atoms in total. The number of carbonyl (C=O) groups is 2. The molecule has 1 saturated carbocycles. The molecular formula is C15H14N2O4S. The van der Waals surface area contributed by atoms with Crippen LogP contribution in [0.2, 0.25) is 0 Å². The highest BCUT2D eigenvalue weighted by Crippen LogP contribution is 2.53. The summed E-state index contributed by atoms with van der Waals surface area (Å²) in [5, 5.41) is 5.05. The van der Waals surface area contributed by atoms with Gasteiger partial charge < -0.3 is 0 Å². The number of hydrogen-bond donors (Lipinski definition) is 1. The highest BCUT2D eigenvalue weighted by molar-refractivity contribution is 7.89. The molecule has 114 valence electrons. The monoisotopic (exact) mass is 318 g/mol. The first-order chi connectivity index (χ1) is 10.4. The first-order valence-corrected chi connectivity index (χ1v) is 8.61. The number of fused-ring (bicyclic) bond motifs is 5. The summed E-state index contributed by atoms with van der Waals surface area (Å²) in [6.07, 6.45) is 4.94. The molecule has 0 aromatic heterocycles. The maximum Gasteiger partial charge on any atom is 0.238 e. The third-order valence-electron chi connectivity index (χ3n) is 4.89. The number of nitrogens with zero attached hydrogens (tertiary/aromatic N) is 1. The Hall–Kier alpha value is -1.99. The Morgan fingerprint density at radius 3 is 1.91 bits per heavy atom. The van der Waals surface area contributed by atoms with Crippen molar-refractivity contribution < 1.29 is 18.0 Å². The smallest absolute Gasteiger partial charge is 0.238 e. The van der Waals surface area contributed by atoms with Crippen molar-refractivity contribution in [1.29, 1.82) is 0 Å². The molecule has 2 aliphatic carbocycles. The van der Waals surface area contributed by atoms with Gasteiger partial charge in [-0.1, -0.05) is 12.2 Å². The Labute approximate surface area is 127 Å². The fraction of sp³-hybridized carbons (Fsp3) is 0.333. The van der Waals surface area contributed by atoms with E-state index in [1.807, 2.05) is 12.2 Å². The van der Waals surface area contributed by atoms with Gasteiger partial charge in [0.1, 0.15) is 0 Å². The lowest BCUT2D eigenvalue weighted by Crippen LogP contribution is -2.32. The lowest BCUT2D eigenvalue weighted by atomic mass is 9.85. The molecule has 2 N–H and O–H groups in total. The van der Waals surface area contributed by atoms with Crippen molar-refractivity contribution in [1.82, 2.24) is 0 Å². The summed E-state index contributed by atoms with van der Waals surface area (Å²) < 4.78 is 22.5. The maximum atomic E-state index is 12.6. The van der Waals surface area contributed by atoms with Crippen molar-refractivity contribution in [3.8, 4) is 0 Å². The summed E-state index contributed by atoms with van der Waals surface area (Å²) in [5.74, 6) is -0.591. The predicted octanol–water partition coefficient (Wildman–Crippen LogP) is 0.645. The van der Waals surface area contributed by atoms with Crippen molar-refractivity contribution in [2.24, 2.45) is 28.8 Å². The molecule has 4 atom stereocenters. The third-order valence-corrected chi connectivity index (χ3v) is 5.82. The molecule has 0 unspecified atom stereocenters. The standard InChI is InChI=1S/C15H14N2O4S/c16-22(20,21)11-5-3-10(4-6-11)17-14(18)12-8-1-2-9(7-8)13(12)15(17)19/h1-6,8-9,12-13H,7H2,(H2,16,20,21)/t8-,9-,12-,13+/m1/s1. The van der Waals surface area contributed by atoms with Crippen LogP contribution in [0.15, 0.2) is 41.3 Å². The molecule has 2 fully saturated rings. The van der Waals surface area contributed by atoms with Crippen LogP contribution in [-0.2, 0) is 19.6 Å². The van der Waals surface area contributed by atoms with Gasteiger partial charge in [-0.15, -0.1) is 0 Å². The van der Waals surface area contributed by atoms with Crippen molar-refractivity contribution in [3.63, 3.8) is 0 Å². The molecule has 7 heteroatoms. The fourth-order valence-corrected chi connectivity index (χ4v) is 4.46. The summed E-state index contributed by atoms with van der Waals surface area (Å²) in [5.41, 5.74) is 0.399. The van der Waals surface area contributed by atoms with E-state index >= 15 is 0 Å². The van der Waals surface area contributed by atoms with Crippen LogP contribution in [0, 0.1) is 23.7 Å². The zero-order valence-electron chi connectivity index (χ0n) is 11.5. The quantitative estimate of drug-likeness (QED) is 0.639. The number of primary sulfonamides is 1. The van der Waals surface area contributed by atoms with Gasteiger partial charge in [-0.25, -0.2) is 13.6 Å². The van der Waals surface area contributed by atoms with Gasteiger partial charge in [-0.05, 0) is 42.5 Å². The first kappa shape index (κ1) is 13.7. The van der Waals surface area contributed by atoms with E-state index in [0.29, 0.717) is 5.69 Å². The number of rotatable bonds is 2. The molecule has 1 aromatic carbocycles. The third kappa shape index (κ3) is 1.72. The van der Waals surface area contributed by atoms with Gasteiger partial charge in [0.25, 0.3) is 0 Å². The lowest BCUT2D eigenvalue weighted by Gasteiger charge is -2.17. The van der Waals surface area contributed by atoms with Gasteiger partial charge in [0.05, 0.1) is 22.4 Å². The summed E-state index contributed by atoms with van der Waals surface area (Å²) in [4.78, 5) is 26.3. The zero-order chi connectivity index (χ0) is 15.6. The topological polar surface area (TPSA) is 97.5 Å². The number of anilines is 1. The second-order valence-corrected chi connectivity index (χ2v) is 7.61. The zero-order valence-corrected chi connectivity index (χ0v) is 12.4. The van der Waals surface area contributed by atoms with Crippen LogP contribution in [0.5, 0.6) is 0 Å². The van der Waals surface area contributed by atoms with Crippen molar-refractivity contribution >= 4 is 27.5 Å². The van der Waals surface area contributed by atoms with E-state index in [9.17, 15) is 18.0 Å². The second kappa shape index (κ2) is 4.27. The lowest BCUT2D eigenvalue weighted by molar-refractivity contribution is -0.123. The van der Waals surface area contributed by atoms with Crippen LogP contribution in [0.4, 0.5) is 5.69 Å². The number of allylic oxidation sites excluding steroid dienone is 2. The minimum absolute atomic E-state index is 0.0442. The molecule has 3 aliphatic rings. The largest absolute Gasteiger partial charge is 0.274 e.